The minimum Gasteiger partial charge on any atom is -0.340 e. The Bertz CT molecular complexity index is 413. The summed E-state index contributed by atoms with van der Waals surface area (Å²) in [4.78, 5) is 6.92. The molecule has 0 spiro atoms. The van der Waals surface area contributed by atoms with Crippen molar-refractivity contribution < 1.29 is 4.52 Å². The summed E-state index contributed by atoms with van der Waals surface area (Å²) in [5.41, 5.74) is 0. The zero-order valence-electron chi connectivity index (χ0n) is 13.2. The highest BCUT2D eigenvalue weighted by Crippen LogP contribution is 2.24. The molecule has 0 aliphatic carbocycles. The molecule has 1 atom stereocenters. The maximum Gasteiger partial charge on any atom is 0.223 e. The fraction of sp³-hybridized carbons (Fsp3) is 0.867. The molecule has 5 heteroatoms. The summed E-state index contributed by atoms with van der Waals surface area (Å²) in [6, 6.07) is 0. The van der Waals surface area contributed by atoms with Gasteiger partial charge in [-0.25, -0.2) is 0 Å². The van der Waals surface area contributed by atoms with E-state index in [0.29, 0.717) is 16.6 Å². The zero-order valence-corrected chi connectivity index (χ0v) is 14.0. The van der Waals surface area contributed by atoms with E-state index in [1.807, 2.05) is 6.92 Å². The van der Waals surface area contributed by atoms with E-state index in [9.17, 15) is 0 Å². The molecule has 0 saturated carbocycles. The van der Waals surface area contributed by atoms with E-state index in [1.165, 1.54) is 38.2 Å². The van der Waals surface area contributed by atoms with Crippen LogP contribution in [-0.4, -0.2) is 45.2 Å². The molecule has 1 fully saturated rings. The quantitative estimate of drug-likeness (QED) is 0.835. The molecule has 0 radical (unpaired) electrons. The predicted octanol–water partition coefficient (Wildman–Crippen LogP) is 3.16. The van der Waals surface area contributed by atoms with Crippen molar-refractivity contribution in [2.75, 3.05) is 25.4 Å². The first-order valence-corrected chi connectivity index (χ1v) is 8.56. The van der Waals surface area contributed by atoms with Crippen LogP contribution in [0.3, 0.4) is 0 Å². The average Bonchev–Trinajstić information content (AvgIpc) is 2.73. The van der Waals surface area contributed by atoms with E-state index >= 15 is 0 Å². The van der Waals surface area contributed by atoms with Crippen molar-refractivity contribution in [1.82, 2.24) is 15.0 Å². The third kappa shape index (κ3) is 5.44. The highest BCUT2D eigenvalue weighted by Gasteiger charge is 2.22. The topological polar surface area (TPSA) is 42.2 Å². The predicted molar refractivity (Wildman–Crippen MR) is 84.1 cm³/mol. The second-order valence-corrected chi connectivity index (χ2v) is 8.63. The van der Waals surface area contributed by atoms with Crippen LogP contribution in [0.2, 0.25) is 0 Å². The summed E-state index contributed by atoms with van der Waals surface area (Å²) >= 11 is 2.05. The van der Waals surface area contributed by atoms with Gasteiger partial charge in [0.2, 0.25) is 5.89 Å². The number of likely N-dealkylation sites (tertiary alicyclic amines) is 1. The SMILES string of the molecule is Cc1nc(CC2CCCN(CCSC(C)(C)C)C2)no1. The van der Waals surface area contributed by atoms with Crippen molar-refractivity contribution in [3.05, 3.63) is 11.7 Å². The van der Waals surface area contributed by atoms with Crippen molar-refractivity contribution in [1.29, 1.82) is 0 Å². The largest absolute Gasteiger partial charge is 0.340 e. The summed E-state index contributed by atoms with van der Waals surface area (Å²) in [7, 11) is 0. The molecule has 1 aliphatic heterocycles. The minimum atomic E-state index is 0.372. The van der Waals surface area contributed by atoms with Crippen LogP contribution in [0.25, 0.3) is 0 Å². The highest BCUT2D eigenvalue weighted by molar-refractivity contribution is 8.00. The Balaban J connectivity index is 1.74. The number of aromatic nitrogens is 2. The van der Waals surface area contributed by atoms with Crippen LogP contribution in [0.15, 0.2) is 4.52 Å². The fourth-order valence-corrected chi connectivity index (χ4v) is 3.65. The first-order valence-electron chi connectivity index (χ1n) is 7.58. The first kappa shape index (κ1) is 15.8. The monoisotopic (exact) mass is 297 g/mol. The van der Waals surface area contributed by atoms with Gasteiger partial charge >= 0.3 is 0 Å². The van der Waals surface area contributed by atoms with Gasteiger partial charge in [0.1, 0.15) is 0 Å². The van der Waals surface area contributed by atoms with Crippen LogP contribution >= 0.6 is 11.8 Å². The molecule has 4 nitrogen and oxygen atoms in total. The van der Waals surface area contributed by atoms with Gasteiger partial charge in [-0.05, 0) is 25.3 Å². The Hall–Kier alpha value is -0.550. The third-order valence-electron chi connectivity index (χ3n) is 3.59. The molecule has 0 N–H and O–H groups in total. The Morgan fingerprint density at radius 2 is 2.20 bits per heavy atom. The first-order chi connectivity index (χ1) is 9.42. The second-order valence-electron chi connectivity index (χ2n) is 6.70. The van der Waals surface area contributed by atoms with Crippen LogP contribution in [0.4, 0.5) is 0 Å². The molecule has 1 aromatic rings. The Labute approximate surface area is 126 Å². The van der Waals surface area contributed by atoms with Gasteiger partial charge in [0.05, 0.1) is 0 Å². The van der Waals surface area contributed by atoms with E-state index in [2.05, 4.69) is 47.6 Å². The fourth-order valence-electron chi connectivity index (χ4n) is 2.68. The van der Waals surface area contributed by atoms with Crippen molar-refractivity contribution >= 4 is 11.8 Å². The van der Waals surface area contributed by atoms with Crippen LogP contribution in [0.5, 0.6) is 0 Å². The normalized spacial score (nSPS) is 21.3. The molecule has 2 rings (SSSR count). The van der Waals surface area contributed by atoms with Crippen molar-refractivity contribution in [2.45, 2.75) is 51.7 Å². The van der Waals surface area contributed by atoms with Crippen LogP contribution < -0.4 is 0 Å². The lowest BCUT2D eigenvalue weighted by Crippen LogP contribution is -2.38. The molecule has 1 saturated heterocycles. The van der Waals surface area contributed by atoms with Gasteiger partial charge in [0.15, 0.2) is 5.82 Å². The molecule has 114 valence electrons. The summed E-state index contributed by atoms with van der Waals surface area (Å²) in [5.74, 6) is 3.45. The number of aryl methyl sites for hydroxylation is 1. The number of thioether (sulfide) groups is 1. The Morgan fingerprint density at radius 3 is 2.85 bits per heavy atom. The maximum absolute atomic E-state index is 5.06. The summed E-state index contributed by atoms with van der Waals surface area (Å²) < 4.78 is 5.43. The van der Waals surface area contributed by atoms with Gasteiger partial charge in [0, 0.05) is 36.9 Å². The molecular weight excluding hydrogens is 270 g/mol. The number of nitrogens with zero attached hydrogens (tertiary/aromatic N) is 3. The van der Waals surface area contributed by atoms with Crippen LogP contribution in [0, 0.1) is 12.8 Å². The van der Waals surface area contributed by atoms with Gasteiger partial charge in [-0.1, -0.05) is 25.9 Å². The van der Waals surface area contributed by atoms with Crippen molar-refractivity contribution in [2.24, 2.45) is 5.92 Å². The summed E-state index contributed by atoms with van der Waals surface area (Å²) in [6.45, 7) is 12.3. The molecule has 20 heavy (non-hydrogen) atoms. The van der Waals surface area contributed by atoms with E-state index in [0.717, 1.165) is 12.2 Å². The smallest absolute Gasteiger partial charge is 0.223 e. The van der Waals surface area contributed by atoms with E-state index in [4.69, 9.17) is 4.52 Å². The van der Waals surface area contributed by atoms with E-state index in [-0.39, 0.29) is 0 Å². The van der Waals surface area contributed by atoms with Crippen molar-refractivity contribution in [3.63, 3.8) is 0 Å². The van der Waals surface area contributed by atoms with Gasteiger partial charge in [-0.3, -0.25) is 0 Å². The Kier molecular flexibility index (Phi) is 5.49. The van der Waals surface area contributed by atoms with Gasteiger partial charge in [-0.15, -0.1) is 0 Å². The van der Waals surface area contributed by atoms with Gasteiger partial charge < -0.3 is 9.42 Å². The van der Waals surface area contributed by atoms with Crippen LogP contribution in [0.1, 0.15) is 45.3 Å². The molecular formula is C15H27N3OS. The van der Waals surface area contributed by atoms with Crippen LogP contribution in [-0.2, 0) is 6.42 Å². The lowest BCUT2D eigenvalue weighted by Gasteiger charge is -2.32. The number of hydrogen-bond acceptors (Lipinski definition) is 5. The van der Waals surface area contributed by atoms with Crippen molar-refractivity contribution in [3.8, 4) is 0 Å². The molecule has 1 aliphatic rings. The lowest BCUT2D eigenvalue weighted by molar-refractivity contribution is 0.181. The number of piperidine rings is 1. The number of rotatable bonds is 5. The Morgan fingerprint density at radius 1 is 1.40 bits per heavy atom. The average molecular weight is 297 g/mol. The minimum absolute atomic E-state index is 0.372. The zero-order chi connectivity index (χ0) is 14.6. The highest BCUT2D eigenvalue weighted by atomic mass is 32.2. The van der Waals surface area contributed by atoms with E-state index in [1.54, 1.807) is 0 Å². The summed E-state index contributed by atoms with van der Waals surface area (Å²) in [6.07, 6.45) is 3.54. The molecule has 1 unspecified atom stereocenters. The lowest BCUT2D eigenvalue weighted by atomic mass is 9.94. The van der Waals surface area contributed by atoms with Gasteiger partial charge in [0.25, 0.3) is 0 Å². The third-order valence-corrected chi connectivity index (χ3v) is 4.84. The maximum atomic E-state index is 5.06. The number of hydrogen-bond donors (Lipinski definition) is 0. The molecule has 0 amide bonds. The summed E-state index contributed by atoms with van der Waals surface area (Å²) in [5, 5.41) is 4.02. The van der Waals surface area contributed by atoms with Gasteiger partial charge in [-0.2, -0.15) is 16.7 Å². The molecule has 2 heterocycles. The standard InChI is InChI=1S/C15H27N3OS/c1-12-16-14(17-19-12)10-13-6-5-7-18(11-13)8-9-20-15(2,3)4/h13H,5-11H2,1-4H3. The molecule has 0 aromatic carbocycles. The second kappa shape index (κ2) is 6.94. The van der Waals surface area contributed by atoms with E-state index < -0.39 is 0 Å². The molecule has 0 bridgehead atoms. The molecule has 1 aromatic heterocycles.